The van der Waals surface area contributed by atoms with Crippen LogP contribution in [0.2, 0.25) is 0 Å². The molecule has 2 atom stereocenters. The maximum Gasteiger partial charge on any atom is 0.253 e. The Morgan fingerprint density at radius 1 is 0.933 bits per heavy atom. The highest BCUT2D eigenvalue weighted by Gasteiger charge is 2.40. The number of carbonyl (C=O) groups excluding carboxylic acids is 2. The van der Waals surface area contributed by atoms with Crippen molar-refractivity contribution in [3.05, 3.63) is 59.7 Å². The topological polar surface area (TPSA) is 77.1 Å². The smallest absolute Gasteiger partial charge is 0.253 e. The van der Waals surface area contributed by atoms with Crippen molar-refractivity contribution < 1.29 is 23.8 Å². The Labute approximate surface area is 176 Å². The minimum Gasteiger partial charge on any atom is -0.497 e. The third-order valence-electron chi connectivity index (χ3n) is 5.43. The van der Waals surface area contributed by atoms with Gasteiger partial charge in [0.1, 0.15) is 11.5 Å². The molecule has 0 unspecified atom stereocenters. The number of benzene rings is 2. The molecule has 30 heavy (non-hydrogen) atoms. The lowest BCUT2D eigenvalue weighted by atomic mass is 9.88. The van der Waals surface area contributed by atoms with Crippen molar-refractivity contribution in [3.63, 3.8) is 0 Å². The van der Waals surface area contributed by atoms with Crippen molar-refractivity contribution in [1.29, 1.82) is 0 Å². The summed E-state index contributed by atoms with van der Waals surface area (Å²) >= 11 is 0. The fourth-order valence-electron chi connectivity index (χ4n) is 3.75. The van der Waals surface area contributed by atoms with Gasteiger partial charge in [-0.2, -0.15) is 0 Å². The summed E-state index contributed by atoms with van der Waals surface area (Å²) in [5.41, 5.74) is 1.58. The highest BCUT2D eigenvalue weighted by Crippen LogP contribution is 2.34. The van der Waals surface area contributed by atoms with Gasteiger partial charge in [0, 0.05) is 38.2 Å². The van der Waals surface area contributed by atoms with Crippen LogP contribution in [0.4, 0.5) is 0 Å². The lowest BCUT2D eigenvalue weighted by molar-refractivity contribution is -0.125. The van der Waals surface area contributed by atoms with Crippen LogP contribution in [0.5, 0.6) is 11.5 Å². The van der Waals surface area contributed by atoms with Gasteiger partial charge < -0.3 is 24.4 Å². The van der Waals surface area contributed by atoms with E-state index in [2.05, 4.69) is 5.32 Å². The predicted molar refractivity (Wildman–Crippen MR) is 113 cm³/mol. The van der Waals surface area contributed by atoms with Crippen molar-refractivity contribution in [1.82, 2.24) is 10.2 Å². The van der Waals surface area contributed by atoms with Gasteiger partial charge in [-0.15, -0.1) is 0 Å². The molecule has 1 heterocycles. The van der Waals surface area contributed by atoms with Crippen LogP contribution in [-0.4, -0.2) is 64.3 Å². The first-order valence-corrected chi connectivity index (χ1v) is 9.91. The van der Waals surface area contributed by atoms with Crippen LogP contribution in [-0.2, 0) is 9.53 Å². The number of nitrogens with zero attached hydrogens (tertiary/aromatic N) is 1. The fourth-order valence-corrected chi connectivity index (χ4v) is 3.75. The molecule has 0 bridgehead atoms. The SMILES string of the molecule is COCCNC(=O)[C@@H]1CN(C(=O)c2ccc(OC)cc2)C[C@@H]1c1ccc(OC)cc1. The summed E-state index contributed by atoms with van der Waals surface area (Å²) in [5, 5.41) is 2.92. The van der Waals surface area contributed by atoms with Crippen molar-refractivity contribution in [2.45, 2.75) is 5.92 Å². The van der Waals surface area contributed by atoms with Gasteiger partial charge in [0.25, 0.3) is 5.91 Å². The molecule has 2 aromatic rings. The number of nitrogens with one attached hydrogen (secondary N) is 1. The Morgan fingerprint density at radius 3 is 2.10 bits per heavy atom. The van der Waals surface area contributed by atoms with Crippen LogP contribution in [0.15, 0.2) is 48.5 Å². The molecule has 7 nitrogen and oxygen atoms in total. The van der Waals surface area contributed by atoms with E-state index in [-0.39, 0.29) is 23.7 Å². The first-order chi connectivity index (χ1) is 14.6. The minimum absolute atomic E-state index is 0.0714. The van der Waals surface area contributed by atoms with E-state index >= 15 is 0 Å². The Morgan fingerprint density at radius 2 is 1.53 bits per heavy atom. The second-order valence-electron chi connectivity index (χ2n) is 7.21. The summed E-state index contributed by atoms with van der Waals surface area (Å²) in [5.74, 6) is 0.850. The van der Waals surface area contributed by atoms with Gasteiger partial charge in [0.05, 0.1) is 26.7 Å². The van der Waals surface area contributed by atoms with Crippen LogP contribution >= 0.6 is 0 Å². The molecule has 2 aromatic carbocycles. The number of carbonyl (C=O) groups is 2. The first-order valence-electron chi connectivity index (χ1n) is 9.91. The fraction of sp³-hybridized carbons (Fsp3) is 0.391. The molecule has 3 rings (SSSR count). The van der Waals surface area contributed by atoms with Crippen molar-refractivity contribution >= 4 is 11.8 Å². The molecule has 1 fully saturated rings. The van der Waals surface area contributed by atoms with Crippen LogP contribution in [0.25, 0.3) is 0 Å². The van der Waals surface area contributed by atoms with Crippen LogP contribution < -0.4 is 14.8 Å². The zero-order chi connectivity index (χ0) is 21.5. The van der Waals surface area contributed by atoms with Gasteiger partial charge >= 0.3 is 0 Å². The van der Waals surface area contributed by atoms with Crippen molar-refractivity contribution in [2.75, 3.05) is 47.6 Å². The molecule has 1 aliphatic rings. The Kier molecular flexibility index (Phi) is 7.30. The van der Waals surface area contributed by atoms with E-state index in [1.165, 1.54) is 0 Å². The molecule has 1 saturated heterocycles. The number of hydrogen-bond donors (Lipinski definition) is 1. The average molecular weight is 412 g/mol. The van der Waals surface area contributed by atoms with Gasteiger partial charge in [0.15, 0.2) is 0 Å². The Bertz CT molecular complexity index is 851. The van der Waals surface area contributed by atoms with Crippen molar-refractivity contribution in [2.24, 2.45) is 5.92 Å². The van der Waals surface area contributed by atoms with Crippen LogP contribution in [0.3, 0.4) is 0 Å². The lowest BCUT2D eigenvalue weighted by Gasteiger charge is -2.18. The molecule has 0 aliphatic carbocycles. The number of amides is 2. The zero-order valence-corrected chi connectivity index (χ0v) is 17.6. The Hall–Kier alpha value is -3.06. The number of hydrogen-bond acceptors (Lipinski definition) is 5. The van der Waals surface area contributed by atoms with Crippen LogP contribution in [0.1, 0.15) is 21.8 Å². The monoisotopic (exact) mass is 412 g/mol. The molecule has 1 N–H and O–H groups in total. The zero-order valence-electron chi connectivity index (χ0n) is 17.6. The van der Waals surface area contributed by atoms with E-state index in [9.17, 15) is 9.59 Å². The average Bonchev–Trinajstić information content (AvgIpc) is 3.24. The highest BCUT2D eigenvalue weighted by molar-refractivity contribution is 5.95. The quantitative estimate of drug-likeness (QED) is 0.674. The normalized spacial score (nSPS) is 18.2. The second-order valence-corrected chi connectivity index (χ2v) is 7.21. The summed E-state index contributed by atoms with van der Waals surface area (Å²) in [4.78, 5) is 27.7. The molecule has 0 aromatic heterocycles. The molecule has 0 radical (unpaired) electrons. The molecular weight excluding hydrogens is 384 g/mol. The first kappa shape index (κ1) is 21.6. The largest absolute Gasteiger partial charge is 0.497 e. The Balaban J connectivity index is 1.80. The molecule has 0 spiro atoms. The summed E-state index contributed by atoms with van der Waals surface area (Å²) < 4.78 is 15.4. The molecule has 1 aliphatic heterocycles. The lowest BCUT2D eigenvalue weighted by Crippen LogP contribution is -2.37. The van der Waals surface area contributed by atoms with E-state index < -0.39 is 0 Å². The highest BCUT2D eigenvalue weighted by atomic mass is 16.5. The van der Waals surface area contributed by atoms with Gasteiger partial charge in [-0.3, -0.25) is 9.59 Å². The molecule has 0 saturated carbocycles. The predicted octanol–water partition coefficient (Wildman–Crippen LogP) is 2.32. The maximum absolute atomic E-state index is 13.1. The summed E-state index contributed by atoms with van der Waals surface area (Å²) in [6, 6.07) is 14.7. The van der Waals surface area contributed by atoms with E-state index in [0.29, 0.717) is 37.6 Å². The number of methoxy groups -OCH3 is 3. The van der Waals surface area contributed by atoms with E-state index in [4.69, 9.17) is 14.2 Å². The second kappa shape index (κ2) is 10.1. The summed E-state index contributed by atoms with van der Waals surface area (Å²) in [7, 11) is 4.80. The van der Waals surface area contributed by atoms with Gasteiger partial charge in [-0.1, -0.05) is 12.1 Å². The number of ether oxygens (including phenoxy) is 3. The van der Waals surface area contributed by atoms with E-state index in [1.807, 2.05) is 24.3 Å². The molecule has 2 amide bonds. The number of likely N-dealkylation sites (tertiary alicyclic amines) is 1. The van der Waals surface area contributed by atoms with Gasteiger partial charge in [0.2, 0.25) is 5.91 Å². The van der Waals surface area contributed by atoms with Gasteiger partial charge in [-0.05, 0) is 42.0 Å². The third-order valence-corrected chi connectivity index (χ3v) is 5.43. The molecule has 7 heteroatoms. The molecule has 160 valence electrons. The standard InChI is InChI=1S/C23H28N2O5/c1-28-13-12-24-22(26)21-15-25(23(27)17-6-10-19(30-3)11-7-17)14-20(21)16-4-8-18(29-2)9-5-16/h4-11,20-21H,12-15H2,1-3H3,(H,24,26)/t20-,21-/m1/s1. The van der Waals surface area contributed by atoms with E-state index in [0.717, 1.165) is 11.3 Å². The maximum atomic E-state index is 13.1. The minimum atomic E-state index is -0.336. The number of rotatable bonds is 8. The van der Waals surface area contributed by atoms with Crippen molar-refractivity contribution in [3.8, 4) is 11.5 Å². The molecular formula is C23H28N2O5. The van der Waals surface area contributed by atoms with Gasteiger partial charge in [-0.25, -0.2) is 0 Å². The third kappa shape index (κ3) is 4.91. The summed E-state index contributed by atoms with van der Waals surface area (Å²) in [6.45, 7) is 1.72. The van der Waals surface area contributed by atoms with E-state index in [1.54, 1.807) is 50.5 Å². The summed E-state index contributed by atoms with van der Waals surface area (Å²) in [6.07, 6.45) is 0. The van der Waals surface area contributed by atoms with Crippen LogP contribution in [0, 0.1) is 5.92 Å².